The van der Waals surface area contributed by atoms with Crippen molar-refractivity contribution in [3.63, 3.8) is 0 Å². The second-order valence-electron chi connectivity index (χ2n) is 1.44. The van der Waals surface area contributed by atoms with Gasteiger partial charge in [-0.2, -0.15) is 0 Å². The number of rotatable bonds is 5. The minimum Gasteiger partial charge on any atom is -0.382 e. The largest absolute Gasteiger partial charge is 0.424 e. The van der Waals surface area contributed by atoms with Crippen LogP contribution in [0.2, 0.25) is 0 Å². The molecule has 6 heteroatoms. The fourth-order valence-electron chi connectivity index (χ4n) is 0.282. The lowest BCUT2D eigenvalue weighted by Crippen LogP contribution is -1.98. The van der Waals surface area contributed by atoms with Gasteiger partial charge in [-0.3, -0.25) is 4.52 Å². The molecule has 0 radical (unpaired) electrons. The van der Waals surface area contributed by atoms with Crippen molar-refractivity contribution in [2.45, 2.75) is 0 Å². The molecule has 1 unspecified atom stereocenters. The van der Waals surface area contributed by atoms with Crippen molar-refractivity contribution in [1.82, 2.24) is 0 Å². The average Bonchev–Trinajstić information content (AvgIpc) is 1.89. The molecular formula is C4H10ClO4P. The Balaban J connectivity index is 3.38. The fourth-order valence-corrected chi connectivity index (χ4v) is 0.887. The van der Waals surface area contributed by atoms with Crippen molar-refractivity contribution in [2.75, 3.05) is 27.4 Å². The van der Waals surface area contributed by atoms with Crippen LogP contribution in [0.25, 0.3) is 0 Å². The molecule has 62 valence electrons. The third-order valence-corrected chi connectivity index (χ3v) is 2.38. The lowest BCUT2D eigenvalue weighted by atomic mass is 10.8. The van der Waals surface area contributed by atoms with Crippen molar-refractivity contribution in [1.29, 1.82) is 0 Å². The van der Waals surface area contributed by atoms with E-state index in [1.807, 2.05) is 0 Å². The van der Waals surface area contributed by atoms with E-state index in [0.717, 1.165) is 0 Å². The summed E-state index contributed by atoms with van der Waals surface area (Å²) >= 11 is 5.21. The fraction of sp³-hybridized carbons (Fsp3) is 1.00. The van der Waals surface area contributed by atoms with Crippen LogP contribution in [0.5, 0.6) is 0 Å². The summed E-state index contributed by atoms with van der Waals surface area (Å²) in [6.07, 6.45) is 0. The molecule has 0 bridgehead atoms. The molecular weight excluding hydrogens is 178 g/mol. The molecule has 0 aliphatic carbocycles. The molecule has 0 fully saturated rings. The molecule has 0 N–H and O–H groups in total. The molecule has 0 aromatic rings. The van der Waals surface area contributed by atoms with Crippen LogP contribution in [0.3, 0.4) is 0 Å². The van der Waals surface area contributed by atoms with Crippen LogP contribution in [-0.2, 0) is 18.3 Å². The van der Waals surface area contributed by atoms with Gasteiger partial charge in [0.15, 0.2) is 0 Å². The van der Waals surface area contributed by atoms with E-state index >= 15 is 0 Å². The first-order chi connectivity index (χ1) is 4.62. The smallest absolute Gasteiger partial charge is 0.382 e. The summed E-state index contributed by atoms with van der Waals surface area (Å²) in [4.78, 5) is 0. The summed E-state index contributed by atoms with van der Waals surface area (Å²) in [5, 5.41) is 0. The molecule has 0 saturated carbocycles. The summed E-state index contributed by atoms with van der Waals surface area (Å²) in [6, 6.07) is 0. The monoisotopic (exact) mass is 188 g/mol. The molecule has 0 aliphatic heterocycles. The maximum absolute atomic E-state index is 10.7. The van der Waals surface area contributed by atoms with Crippen LogP contribution in [-0.4, -0.2) is 27.4 Å². The number of hydrogen-bond donors (Lipinski definition) is 0. The van der Waals surface area contributed by atoms with E-state index in [1.165, 1.54) is 14.2 Å². The topological polar surface area (TPSA) is 44.8 Å². The van der Waals surface area contributed by atoms with Gasteiger partial charge >= 0.3 is 6.95 Å². The van der Waals surface area contributed by atoms with Crippen LogP contribution < -0.4 is 0 Å². The molecule has 0 aromatic heterocycles. The first kappa shape index (κ1) is 10.4. The number of methoxy groups -OCH3 is 1. The van der Waals surface area contributed by atoms with Gasteiger partial charge in [-0.05, 0) is 0 Å². The molecule has 0 aliphatic rings. The minimum atomic E-state index is -3.31. The van der Waals surface area contributed by atoms with E-state index in [0.29, 0.717) is 6.61 Å². The van der Waals surface area contributed by atoms with E-state index < -0.39 is 6.95 Å². The highest BCUT2D eigenvalue weighted by molar-refractivity contribution is 7.81. The van der Waals surface area contributed by atoms with Gasteiger partial charge in [0, 0.05) is 25.5 Å². The molecule has 0 heterocycles. The van der Waals surface area contributed by atoms with Crippen LogP contribution in [0.4, 0.5) is 0 Å². The zero-order valence-electron chi connectivity index (χ0n) is 5.87. The Kier molecular flexibility index (Phi) is 5.31. The Morgan fingerprint density at radius 2 is 2.00 bits per heavy atom. The maximum Gasteiger partial charge on any atom is 0.424 e. The van der Waals surface area contributed by atoms with E-state index in [1.54, 1.807) is 0 Å². The zero-order chi connectivity index (χ0) is 8.04. The predicted octanol–water partition coefficient (Wildman–Crippen LogP) is 1.64. The van der Waals surface area contributed by atoms with E-state index in [4.69, 9.17) is 11.2 Å². The van der Waals surface area contributed by atoms with Gasteiger partial charge < -0.3 is 9.26 Å². The SMILES string of the molecule is COCCOP(=O)(Cl)OC. The van der Waals surface area contributed by atoms with E-state index in [9.17, 15) is 4.57 Å². The van der Waals surface area contributed by atoms with Crippen LogP contribution in [0, 0.1) is 0 Å². The molecule has 0 spiro atoms. The standard InChI is InChI=1S/C4H10ClO4P/c1-7-3-4-9-10(5,6)8-2/h3-4H2,1-2H3. The maximum atomic E-state index is 10.7. The Labute approximate surface area is 64.7 Å². The lowest BCUT2D eigenvalue weighted by molar-refractivity contribution is 0.137. The average molecular weight is 189 g/mol. The highest BCUT2D eigenvalue weighted by Crippen LogP contribution is 2.52. The highest BCUT2D eigenvalue weighted by Gasteiger charge is 2.17. The summed E-state index contributed by atoms with van der Waals surface area (Å²) < 4.78 is 24.3. The Hall–Kier alpha value is 0.400. The third-order valence-electron chi connectivity index (χ3n) is 0.751. The van der Waals surface area contributed by atoms with Crippen molar-refractivity contribution >= 4 is 18.2 Å². The van der Waals surface area contributed by atoms with Gasteiger partial charge in [0.1, 0.15) is 0 Å². The van der Waals surface area contributed by atoms with Crippen molar-refractivity contribution in [3.8, 4) is 0 Å². The molecule has 4 nitrogen and oxygen atoms in total. The number of ether oxygens (including phenoxy) is 1. The molecule has 0 rings (SSSR count). The zero-order valence-corrected chi connectivity index (χ0v) is 7.52. The summed E-state index contributed by atoms with van der Waals surface area (Å²) in [7, 11) is 2.73. The quantitative estimate of drug-likeness (QED) is 0.486. The van der Waals surface area contributed by atoms with Gasteiger partial charge in [0.2, 0.25) is 0 Å². The minimum absolute atomic E-state index is 0.172. The molecule has 0 aromatic carbocycles. The summed E-state index contributed by atoms with van der Waals surface area (Å²) in [5.74, 6) is 0. The lowest BCUT2D eigenvalue weighted by Gasteiger charge is -2.06. The molecule has 0 amide bonds. The van der Waals surface area contributed by atoms with E-state index in [-0.39, 0.29) is 6.61 Å². The highest BCUT2D eigenvalue weighted by atomic mass is 35.7. The third kappa shape index (κ3) is 5.21. The Morgan fingerprint density at radius 1 is 1.40 bits per heavy atom. The van der Waals surface area contributed by atoms with Gasteiger partial charge in [-0.1, -0.05) is 0 Å². The predicted molar refractivity (Wildman–Crippen MR) is 38.3 cm³/mol. The molecule has 10 heavy (non-hydrogen) atoms. The summed E-state index contributed by atoms with van der Waals surface area (Å²) in [5.41, 5.74) is 0. The van der Waals surface area contributed by atoms with Gasteiger partial charge in [-0.25, -0.2) is 4.57 Å². The second kappa shape index (κ2) is 5.10. The Morgan fingerprint density at radius 3 is 2.40 bits per heavy atom. The number of hydrogen-bond acceptors (Lipinski definition) is 4. The van der Waals surface area contributed by atoms with E-state index in [2.05, 4.69) is 13.8 Å². The normalized spacial score (nSPS) is 16.7. The van der Waals surface area contributed by atoms with Crippen LogP contribution >= 0.6 is 18.2 Å². The van der Waals surface area contributed by atoms with Gasteiger partial charge in [-0.15, -0.1) is 0 Å². The molecule has 0 saturated heterocycles. The van der Waals surface area contributed by atoms with Crippen molar-refractivity contribution in [3.05, 3.63) is 0 Å². The summed E-state index contributed by atoms with van der Waals surface area (Å²) in [6.45, 7) is -2.79. The first-order valence-corrected chi connectivity index (χ1v) is 5.06. The first-order valence-electron chi connectivity index (χ1n) is 2.61. The van der Waals surface area contributed by atoms with Crippen LogP contribution in [0.15, 0.2) is 0 Å². The second-order valence-corrected chi connectivity index (χ2v) is 4.17. The number of halogens is 1. The van der Waals surface area contributed by atoms with Crippen molar-refractivity contribution < 1.29 is 18.3 Å². The van der Waals surface area contributed by atoms with Gasteiger partial charge in [0.05, 0.1) is 13.2 Å². The Bertz CT molecular complexity index is 128. The molecule has 1 atom stereocenters. The van der Waals surface area contributed by atoms with Crippen LogP contribution in [0.1, 0.15) is 0 Å². The van der Waals surface area contributed by atoms with Crippen molar-refractivity contribution in [2.24, 2.45) is 0 Å². The van der Waals surface area contributed by atoms with Gasteiger partial charge in [0.25, 0.3) is 0 Å².